The Balaban J connectivity index is 2.42. The Labute approximate surface area is 104 Å². The molecule has 0 radical (unpaired) electrons. The van der Waals surface area contributed by atoms with E-state index in [4.69, 9.17) is 21.4 Å². The first-order valence-electron chi connectivity index (χ1n) is 5.09. The summed E-state index contributed by atoms with van der Waals surface area (Å²) in [4.78, 5) is 11.6. The number of amides is 1. The van der Waals surface area contributed by atoms with Crippen molar-refractivity contribution < 1.29 is 19.7 Å². The zero-order chi connectivity index (χ0) is 12.7. The molecule has 1 aromatic rings. The Morgan fingerprint density at radius 1 is 1.35 bits per heavy atom. The largest absolute Gasteiger partial charge is 0.508 e. The standard InChI is InChI=1S/C11H14ClNO4/c12-3-5-17-6-4-13-11(16)9-2-1-8(14)7-10(9)15/h1-2,7,14-15H,3-6H2,(H,13,16). The summed E-state index contributed by atoms with van der Waals surface area (Å²) in [7, 11) is 0. The van der Waals surface area contributed by atoms with Gasteiger partial charge in [-0.25, -0.2) is 0 Å². The summed E-state index contributed by atoms with van der Waals surface area (Å²) < 4.78 is 5.07. The van der Waals surface area contributed by atoms with E-state index in [1.807, 2.05) is 0 Å². The van der Waals surface area contributed by atoms with Crippen LogP contribution >= 0.6 is 11.6 Å². The first-order chi connectivity index (χ1) is 8.15. The maximum atomic E-state index is 11.6. The van der Waals surface area contributed by atoms with Crippen molar-refractivity contribution >= 4 is 17.5 Å². The number of benzene rings is 1. The van der Waals surface area contributed by atoms with Gasteiger partial charge in [-0.15, -0.1) is 11.6 Å². The van der Waals surface area contributed by atoms with Crippen LogP contribution < -0.4 is 5.32 Å². The second kappa shape index (κ2) is 6.98. The topological polar surface area (TPSA) is 78.8 Å². The number of nitrogens with one attached hydrogen (secondary N) is 1. The molecule has 0 atom stereocenters. The molecule has 0 saturated heterocycles. The summed E-state index contributed by atoms with van der Waals surface area (Å²) in [5, 5.41) is 21.1. The van der Waals surface area contributed by atoms with Crippen molar-refractivity contribution in [2.24, 2.45) is 0 Å². The van der Waals surface area contributed by atoms with Crippen molar-refractivity contribution in [3.05, 3.63) is 23.8 Å². The minimum Gasteiger partial charge on any atom is -0.508 e. The van der Waals surface area contributed by atoms with E-state index < -0.39 is 5.91 Å². The molecular formula is C11H14ClNO4. The lowest BCUT2D eigenvalue weighted by atomic mass is 10.2. The van der Waals surface area contributed by atoms with Gasteiger partial charge in [-0.05, 0) is 12.1 Å². The van der Waals surface area contributed by atoms with E-state index in [1.165, 1.54) is 12.1 Å². The van der Waals surface area contributed by atoms with Gasteiger partial charge in [0.2, 0.25) is 0 Å². The molecule has 0 heterocycles. The van der Waals surface area contributed by atoms with Crippen molar-refractivity contribution in [2.45, 2.75) is 0 Å². The zero-order valence-corrected chi connectivity index (χ0v) is 9.91. The van der Waals surface area contributed by atoms with E-state index in [-0.39, 0.29) is 17.1 Å². The van der Waals surface area contributed by atoms with E-state index >= 15 is 0 Å². The Bertz CT molecular complexity index is 384. The van der Waals surface area contributed by atoms with Crippen molar-refractivity contribution in [2.75, 3.05) is 25.6 Å². The van der Waals surface area contributed by atoms with Crippen LogP contribution in [0.15, 0.2) is 18.2 Å². The minimum absolute atomic E-state index is 0.0931. The average molecular weight is 260 g/mol. The van der Waals surface area contributed by atoms with Crippen LogP contribution in [0.3, 0.4) is 0 Å². The van der Waals surface area contributed by atoms with E-state index in [9.17, 15) is 9.90 Å². The summed E-state index contributed by atoms with van der Waals surface area (Å²) in [6.45, 7) is 1.12. The fourth-order valence-corrected chi connectivity index (χ4v) is 1.31. The van der Waals surface area contributed by atoms with Crippen LogP contribution in [0.2, 0.25) is 0 Å². The molecule has 6 heteroatoms. The smallest absolute Gasteiger partial charge is 0.255 e. The Hall–Kier alpha value is -1.46. The van der Waals surface area contributed by atoms with Crippen molar-refractivity contribution in [1.82, 2.24) is 5.32 Å². The number of ether oxygens (including phenoxy) is 1. The molecule has 0 aliphatic heterocycles. The summed E-state index contributed by atoms with van der Waals surface area (Å²) in [5.74, 6) is -0.363. The molecule has 1 aromatic carbocycles. The van der Waals surface area contributed by atoms with E-state index in [0.717, 1.165) is 6.07 Å². The average Bonchev–Trinajstić information content (AvgIpc) is 2.28. The molecule has 0 aromatic heterocycles. The van der Waals surface area contributed by atoms with Crippen LogP contribution in [0.25, 0.3) is 0 Å². The highest BCUT2D eigenvalue weighted by atomic mass is 35.5. The second-order valence-electron chi connectivity index (χ2n) is 3.26. The molecular weight excluding hydrogens is 246 g/mol. The van der Waals surface area contributed by atoms with Gasteiger partial charge in [-0.2, -0.15) is 0 Å². The van der Waals surface area contributed by atoms with E-state index in [2.05, 4.69) is 5.32 Å². The van der Waals surface area contributed by atoms with Gasteiger partial charge in [-0.3, -0.25) is 4.79 Å². The van der Waals surface area contributed by atoms with Gasteiger partial charge in [0.15, 0.2) is 0 Å². The molecule has 0 fully saturated rings. The van der Waals surface area contributed by atoms with Gasteiger partial charge in [0, 0.05) is 18.5 Å². The molecule has 3 N–H and O–H groups in total. The number of aromatic hydroxyl groups is 2. The minimum atomic E-state index is -0.419. The van der Waals surface area contributed by atoms with Crippen LogP contribution in [0.5, 0.6) is 11.5 Å². The van der Waals surface area contributed by atoms with Gasteiger partial charge in [0.25, 0.3) is 5.91 Å². The number of halogens is 1. The number of phenols is 2. The van der Waals surface area contributed by atoms with Gasteiger partial charge in [-0.1, -0.05) is 0 Å². The third-order valence-electron chi connectivity index (χ3n) is 1.98. The van der Waals surface area contributed by atoms with Gasteiger partial charge < -0.3 is 20.3 Å². The van der Waals surface area contributed by atoms with E-state index in [1.54, 1.807) is 0 Å². The van der Waals surface area contributed by atoms with Gasteiger partial charge in [0.1, 0.15) is 11.5 Å². The summed E-state index contributed by atoms with van der Waals surface area (Å²) in [6, 6.07) is 3.79. The lowest BCUT2D eigenvalue weighted by Crippen LogP contribution is -2.27. The molecule has 17 heavy (non-hydrogen) atoms. The lowest BCUT2D eigenvalue weighted by Gasteiger charge is -2.07. The van der Waals surface area contributed by atoms with Gasteiger partial charge >= 0.3 is 0 Å². The highest BCUT2D eigenvalue weighted by Gasteiger charge is 2.10. The maximum absolute atomic E-state index is 11.6. The Morgan fingerprint density at radius 3 is 2.76 bits per heavy atom. The number of carbonyl (C=O) groups excluding carboxylic acids is 1. The maximum Gasteiger partial charge on any atom is 0.255 e. The molecule has 5 nitrogen and oxygen atoms in total. The Kier molecular flexibility index (Phi) is 5.59. The third-order valence-corrected chi connectivity index (χ3v) is 2.13. The van der Waals surface area contributed by atoms with Crippen molar-refractivity contribution in [3.8, 4) is 11.5 Å². The van der Waals surface area contributed by atoms with Crippen LogP contribution in [0, 0.1) is 0 Å². The molecule has 0 aliphatic carbocycles. The van der Waals surface area contributed by atoms with Crippen LogP contribution in [-0.4, -0.2) is 41.8 Å². The molecule has 0 saturated carbocycles. The number of phenolic OH excluding ortho intramolecular Hbond substituents is 2. The fourth-order valence-electron chi connectivity index (χ4n) is 1.20. The lowest BCUT2D eigenvalue weighted by molar-refractivity contribution is 0.0921. The number of hydrogen-bond acceptors (Lipinski definition) is 4. The second-order valence-corrected chi connectivity index (χ2v) is 3.64. The number of rotatable bonds is 6. The van der Waals surface area contributed by atoms with Crippen molar-refractivity contribution in [1.29, 1.82) is 0 Å². The highest BCUT2D eigenvalue weighted by Crippen LogP contribution is 2.22. The summed E-state index contributed by atoms with van der Waals surface area (Å²) in [6.07, 6.45) is 0. The summed E-state index contributed by atoms with van der Waals surface area (Å²) in [5.41, 5.74) is 0.111. The number of alkyl halides is 1. The first kappa shape index (κ1) is 13.6. The van der Waals surface area contributed by atoms with Crippen LogP contribution in [0.1, 0.15) is 10.4 Å². The molecule has 1 amide bonds. The highest BCUT2D eigenvalue weighted by molar-refractivity contribution is 6.17. The zero-order valence-electron chi connectivity index (χ0n) is 9.15. The molecule has 0 unspecified atom stereocenters. The monoisotopic (exact) mass is 259 g/mol. The first-order valence-corrected chi connectivity index (χ1v) is 5.62. The van der Waals surface area contributed by atoms with Crippen molar-refractivity contribution in [3.63, 3.8) is 0 Å². The molecule has 0 bridgehead atoms. The molecule has 94 valence electrons. The Morgan fingerprint density at radius 2 is 2.12 bits per heavy atom. The molecule has 0 spiro atoms. The quantitative estimate of drug-likeness (QED) is 0.528. The predicted octanol–water partition coefficient (Wildman–Crippen LogP) is 1.08. The SMILES string of the molecule is O=C(NCCOCCCl)c1ccc(O)cc1O. The van der Waals surface area contributed by atoms with Crippen LogP contribution in [-0.2, 0) is 4.74 Å². The normalized spacial score (nSPS) is 10.2. The van der Waals surface area contributed by atoms with Crippen LogP contribution in [0.4, 0.5) is 0 Å². The summed E-state index contributed by atoms with van der Waals surface area (Å²) >= 11 is 5.41. The van der Waals surface area contributed by atoms with Gasteiger partial charge in [0.05, 0.1) is 18.8 Å². The number of carbonyl (C=O) groups is 1. The number of hydrogen-bond donors (Lipinski definition) is 3. The fraction of sp³-hybridized carbons (Fsp3) is 0.364. The molecule has 0 aliphatic rings. The van der Waals surface area contributed by atoms with E-state index in [0.29, 0.717) is 25.6 Å². The predicted molar refractivity (Wildman–Crippen MR) is 63.6 cm³/mol. The molecule has 1 rings (SSSR count). The third kappa shape index (κ3) is 4.50.